The molecule has 0 aliphatic heterocycles. The van der Waals surface area contributed by atoms with Gasteiger partial charge in [0, 0.05) is 29.2 Å². The molecule has 0 spiro atoms. The van der Waals surface area contributed by atoms with Crippen LogP contribution in [-0.2, 0) is 16.1 Å². The van der Waals surface area contributed by atoms with Crippen molar-refractivity contribution in [1.29, 1.82) is 0 Å². The Balaban J connectivity index is 2.22. The van der Waals surface area contributed by atoms with E-state index in [0.717, 1.165) is 11.1 Å². The molecular formula is C21H24Cl2N2O3. The van der Waals surface area contributed by atoms with E-state index >= 15 is 0 Å². The third kappa shape index (κ3) is 5.40. The molecule has 2 amide bonds. The van der Waals surface area contributed by atoms with Crippen LogP contribution in [0.15, 0.2) is 36.4 Å². The van der Waals surface area contributed by atoms with Crippen LogP contribution < -0.4 is 10.1 Å². The number of ether oxygens (including phenoxy) is 1. The summed E-state index contributed by atoms with van der Waals surface area (Å²) in [5.74, 6) is -0.00243. The van der Waals surface area contributed by atoms with E-state index in [-0.39, 0.29) is 25.0 Å². The molecule has 0 bridgehead atoms. The highest BCUT2D eigenvalue weighted by Gasteiger charge is 2.27. The number of carbonyl (C=O) groups excluding carboxylic acids is 2. The first-order valence-corrected chi connectivity index (χ1v) is 9.64. The molecule has 2 aromatic carbocycles. The largest absolute Gasteiger partial charge is 0.483 e. The van der Waals surface area contributed by atoms with Crippen LogP contribution in [0, 0.1) is 13.8 Å². The number of likely N-dealkylation sites (N-methyl/N-ethyl adjacent to an activating group) is 1. The van der Waals surface area contributed by atoms with Gasteiger partial charge in [0.2, 0.25) is 5.91 Å². The average molecular weight is 423 g/mol. The van der Waals surface area contributed by atoms with E-state index in [1.807, 2.05) is 32.0 Å². The molecule has 0 fully saturated rings. The predicted molar refractivity (Wildman–Crippen MR) is 112 cm³/mol. The minimum Gasteiger partial charge on any atom is -0.483 e. The number of hydrogen-bond acceptors (Lipinski definition) is 3. The Morgan fingerprint density at radius 2 is 1.79 bits per heavy atom. The Kier molecular flexibility index (Phi) is 7.72. The zero-order valence-electron chi connectivity index (χ0n) is 16.4. The SMILES string of the molecule is CNC(=O)[C@@H](C)N(Cc1c(Cl)cccc1Cl)C(=O)COc1ccc(C)cc1C. The van der Waals surface area contributed by atoms with Crippen molar-refractivity contribution in [2.75, 3.05) is 13.7 Å². The highest BCUT2D eigenvalue weighted by molar-refractivity contribution is 6.36. The fourth-order valence-corrected chi connectivity index (χ4v) is 3.35. The molecule has 0 aliphatic rings. The Hall–Kier alpha value is -2.24. The van der Waals surface area contributed by atoms with E-state index in [9.17, 15) is 9.59 Å². The third-order valence-corrected chi connectivity index (χ3v) is 5.19. The van der Waals surface area contributed by atoms with E-state index in [4.69, 9.17) is 27.9 Å². The van der Waals surface area contributed by atoms with Crippen LogP contribution in [0.3, 0.4) is 0 Å². The molecule has 7 heteroatoms. The van der Waals surface area contributed by atoms with Gasteiger partial charge in [0.25, 0.3) is 5.91 Å². The van der Waals surface area contributed by atoms with Crippen molar-refractivity contribution in [3.63, 3.8) is 0 Å². The summed E-state index contributed by atoms with van der Waals surface area (Å²) >= 11 is 12.5. The van der Waals surface area contributed by atoms with Crippen LogP contribution in [0.4, 0.5) is 0 Å². The zero-order chi connectivity index (χ0) is 20.8. The highest BCUT2D eigenvalue weighted by atomic mass is 35.5. The summed E-state index contributed by atoms with van der Waals surface area (Å²) in [5.41, 5.74) is 2.63. The quantitative estimate of drug-likeness (QED) is 0.728. The van der Waals surface area contributed by atoms with Crippen molar-refractivity contribution >= 4 is 35.0 Å². The standard InChI is InChI=1S/C21H24Cl2N2O3/c1-13-8-9-19(14(2)10-13)28-12-20(26)25(15(3)21(27)24-4)11-16-17(22)6-5-7-18(16)23/h5-10,15H,11-12H2,1-4H3,(H,24,27)/t15-/m1/s1. The molecule has 1 atom stereocenters. The maximum atomic E-state index is 12.9. The van der Waals surface area contributed by atoms with Crippen molar-refractivity contribution in [3.8, 4) is 5.75 Å². The number of nitrogens with zero attached hydrogens (tertiary/aromatic N) is 1. The van der Waals surface area contributed by atoms with Crippen LogP contribution in [0.2, 0.25) is 10.0 Å². The Labute approximate surface area is 175 Å². The molecule has 150 valence electrons. The van der Waals surface area contributed by atoms with Crippen LogP contribution in [0.25, 0.3) is 0 Å². The molecule has 2 rings (SSSR count). The summed E-state index contributed by atoms with van der Waals surface area (Å²) in [7, 11) is 1.52. The van der Waals surface area contributed by atoms with Crippen LogP contribution >= 0.6 is 23.2 Å². The van der Waals surface area contributed by atoms with Crippen molar-refractivity contribution < 1.29 is 14.3 Å². The maximum absolute atomic E-state index is 12.9. The molecule has 0 radical (unpaired) electrons. The lowest BCUT2D eigenvalue weighted by atomic mass is 10.1. The van der Waals surface area contributed by atoms with Crippen LogP contribution in [-0.4, -0.2) is 36.4 Å². The first-order valence-electron chi connectivity index (χ1n) is 8.88. The Bertz CT molecular complexity index is 850. The lowest BCUT2D eigenvalue weighted by Gasteiger charge is -2.29. The fraction of sp³-hybridized carbons (Fsp3) is 0.333. The Morgan fingerprint density at radius 3 is 2.36 bits per heavy atom. The minimum absolute atomic E-state index is 0.0994. The number of amides is 2. The van der Waals surface area contributed by atoms with Crippen LogP contribution in [0.1, 0.15) is 23.6 Å². The second-order valence-corrected chi connectivity index (χ2v) is 7.38. The van der Waals surface area contributed by atoms with Gasteiger partial charge in [0.1, 0.15) is 11.8 Å². The smallest absolute Gasteiger partial charge is 0.261 e. The highest BCUT2D eigenvalue weighted by Crippen LogP contribution is 2.27. The second-order valence-electron chi connectivity index (χ2n) is 6.57. The van der Waals surface area contributed by atoms with Gasteiger partial charge in [0.05, 0.1) is 0 Å². The molecular weight excluding hydrogens is 399 g/mol. The van der Waals surface area contributed by atoms with Gasteiger partial charge in [-0.1, -0.05) is 47.0 Å². The molecule has 28 heavy (non-hydrogen) atoms. The molecule has 5 nitrogen and oxygen atoms in total. The first-order chi connectivity index (χ1) is 13.2. The van der Waals surface area contributed by atoms with Crippen molar-refractivity contribution in [3.05, 3.63) is 63.1 Å². The van der Waals surface area contributed by atoms with Gasteiger partial charge in [-0.2, -0.15) is 0 Å². The van der Waals surface area contributed by atoms with Gasteiger partial charge in [0.15, 0.2) is 6.61 Å². The molecule has 2 aromatic rings. The third-order valence-electron chi connectivity index (χ3n) is 4.49. The molecule has 0 saturated carbocycles. The molecule has 0 unspecified atom stereocenters. The predicted octanol–water partition coefficient (Wildman–Crippen LogP) is 4.15. The van der Waals surface area contributed by atoms with E-state index in [2.05, 4.69) is 5.32 Å². The lowest BCUT2D eigenvalue weighted by Crippen LogP contribution is -2.48. The van der Waals surface area contributed by atoms with E-state index in [1.54, 1.807) is 25.1 Å². The van der Waals surface area contributed by atoms with Gasteiger partial charge >= 0.3 is 0 Å². The summed E-state index contributed by atoms with van der Waals surface area (Å²) in [5, 5.41) is 3.43. The number of carbonyl (C=O) groups is 2. The number of nitrogens with one attached hydrogen (secondary N) is 1. The summed E-state index contributed by atoms with van der Waals surface area (Å²) in [4.78, 5) is 26.5. The number of aryl methyl sites for hydroxylation is 2. The van der Waals surface area contributed by atoms with E-state index in [1.165, 1.54) is 11.9 Å². The summed E-state index contributed by atoms with van der Waals surface area (Å²) in [6.07, 6.45) is 0. The molecule has 0 aliphatic carbocycles. The number of benzene rings is 2. The number of hydrogen-bond donors (Lipinski definition) is 1. The second kappa shape index (κ2) is 9.80. The maximum Gasteiger partial charge on any atom is 0.261 e. The van der Waals surface area contributed by atoms with Crippen molar-refractivity contribution in [1.82, 2.24) is 10.2 Å². The summed E-state index contributed by atoms with van der Waals surface area (Å²) in [6.45, 7) is 5.46. The lowest BCUT2D eigenvalue weighted by molar-refractivity contribution is -0.142. The van der Waals surface area contributed by atoms with Gasteiger partial charge in [-0.3, -0.25) is 9.59 Å². The number of halogens is 2. The first kappa shape index (κ1) is 22.1. The van der Waals surface area contributed by atoms with Crippen molar-refractivity contribution in [2.45, 2.75) is 33.4 Å². The summed E-state index contributed by atoms with van der Waals surface area (Å²) < 4.78 is 5.71. The van der Waals surface area contributed by atoms with Gasteiger partial charge in [-0.25, -0.2) is 0 Å². The molecule has 0 saturated heterocycles. The normalized spacial score (nSPS) is 11.6. The number of rotatable bonds is 7. The van der Waals surface area contributed by atoms with Gasteiger partial charge < -0.3 is 15.0 Å². The van der Waals surface area contributed by atoms with Crippen LogP contribution in [0.5, 0.6) is 5.75 Å². The van der Waals surface area contributed by atoms with E-state index in [0.29, 0.717) is 21.4 Å². The summed E-state index contributed by atoms with van der Waals surface area (Å²) in [6, 6.07) is 10.1. The molecule has 0 heterocycles. The molecule has 1 N–H and O–H groups in total. The molecule has 0 aromatic heterocycles. The van der Waals surface area contributed by atoms with Gasteiger partial charge in [-0.15, -0.1) is 0 Å². The van der Waals surface area contributed by atoms with E-state index < -0.39 is 6.04 Å². The minimum atomic E-state index is -0.715. The monoisotopic (exact) mass is 422 g/mol. The Morgan fingerprint density at radius 1 is 1.14 bits per heavy atom. The zero-order valence-corrected chi connectivity index (χ0v) is 17.9. The average Bonchev–Trinajstić information content (AvgIpc) is 2.65. The topological polar surface area (TPSA) is 58.6 Å². The van der Waals surface area contributed by atoms with Gasteiger partial charge in [-0.05, 0) is 44.5 Å². The fourth-order valence-electron chi connectivity index (χ4n) is 2.83. The van der Waals surface area contributed by atoms with Crippen molar-refractivity contribution in [2.24, 2.45) is 0 Å².